The number of nitrogens with one attached hydrogen (secondary N) is 1. The molecule has 4 nitrogen and oxygen atoms in total. The molecule has 2 aliphatic rings. The van der Waals surface area contributed by atoms with Gasteiger partial charge in [0, 0.05) is 37.3 Å². The molecule has 3 rings (SSSR count). The molecular weight excluding hydrogens is 256 g/mol. The molecule has 5 heteroatoms. The Bertz CT molecular complexity index is 415. The molecule has 1 aliphatic heterocycles. The Morgan fingerprint density at radius 2 is 2.37 bits per heavy atom. The monoisotopic (exact) mass is 278 g/mol. The van der Waals surface area contributed by atoms with Crippen LogP contribution in [-0.2, 0) is 6.54 Å². The van der Waals surface area contributed by atoms with Crippen molar-refractivity contribution in [2.75, 3.05) is 12.3 Å². The number of nitrogens with zero attached hydrogens (tertiary/aromatic N) is 3. The Balaban J connectivity index is 1.43. The first-order valence-electron chi connectivity index (χ1n) is 7.33. The topological polar surface area (TPSA) is 42.2 Å². The fourth-order valence-electron chi connectivity index (χ4n) is 2.92. The molecule has 0 spiro atoms. The van der Waals surface area contributed by atoms with E-state index in [2.05, 4.69) is 10.4 Å². The molecule has 0 bridgehead atoms. The van der Waals surface area contributed by atoms with Gasteiger partial charge in [-0.15, -0.1) is 0 Å². The summed E-state index contributed by atoms with van der Waals surface area (Å²) in [6.07, 6.45) is 10.4. The smallest absolute Gasteiger partial charge is 0.156 e. The van der Waals surface area contributed by atoms with Crippen LogP contribution in [0.15, 0.2) is 23.5 Å². The summed E-state index contributed by atoms with van der Waals surface area (Å²) in [6, 6.07) is 2.66. The zero-order valence-electron chi connectivity index (χ0n) is 11.3. The highest BCUT2D eigenvalue weighted by Gasteiger charge is 2.29. The fourth-order valence-corrected chi connectivity index (χ4v) is 4.11. The lowest BCUT2D eigenvalue weighted by molar-refractivity contribution is 0.311. The van der Waals surface area contributed by atoms with Gasteiger partial charge in [-0.25, -0.2) is 0 Å². The summed E-state index contributed by atoms with van der Waals surface area (Å²) in [5.41, 5.74) is 0. The number of aliphatic imine (C=N–C) groups is 1. The van der Waals surface area contributed by atoms with Crippen LogP contribution in [0.3, 0.4) is 0 Å². The average molecular weight is 278 g/mol. The van der Waals surface area contributed by atoms with E-state index in [-0.39, 0.29) is 0 Å². The summed E-state index contributed by atoms with van der Waals surface area (Å²) in [5.74, 6) is 2.14. The Morgan fingerprint density at radius 3 is 3.26 bits per heavy atom. The number of aromatic nitrogens is 2. The van der Waals surface area contributed by atoms with E-state index in [1.165, 1.54) is 36.6 Å². The van der Waals surface area contributed by atoms with Crippen molar-refractivity contribution in [3.63, 3.8) is 0 Å². The number of fused-ring (bicyclic) bond motifs is 1. The second-order valence-electron chi connectivity index (χ2n) is 5.42. The molecule has 104 valence electrons. The molecule has 1 aromatic heterocycles. The molecule has 19 heavy (non-hydrogen) atoms. The third kappa shape index (κ3) is 3.53. The maximum absolute atomic E-state index is 4.70. The molecule has 1 saturated heterocycles. The first-order chi connectivity index (χ1) is 9.42. The van der Waals surface area contributed by atoms with Crippen molar-refractivity contribution in [2.45, 2.75) is 44.7 Å². The summed E-state index contributed by atoms with van der Waals surface area (Å²) in [5, 5.41) is 9.01. The van der Waals surface area contributed by atoms with Crippen molar-refractivity contribution < 1.29 is 0 Å². The predicted octanol–water partition coefficient (Wildman–Crippen LogP) is 2.52. The number of thioether (sulfide) groups is 1. The van der Waals surface area contributed by atoms with E-state index >= 15 is 0 Å². The minimum atomic E-state index is 0.694. The minimum Gasteiger partial charge on any atom is -0.362 e. The summed E-state index contributed by atoms with van der Waals surface area (Å²) >= 11 is 1.91. The van der Waals surface area contributed by atoms with Gasteiger partial charge in [0.15, 0.2) is 5.17 Å². The van der Waals surface area contributed by atoms with Crippen LogP contribution in [0, 0.1) is 5.92 Å². The van der Waals surface area contributed by atoms with Crippen molar-refractivity contribution in [1.82, 2.24) is 15.1 Å². The Kier molecular flexibility index (Phi) is 4.43. The van der Waals surface area contributed by atoms with E-state index in [4.69, 9.17) is 4.99 Å². The lowest BCUT2D eigenvalue weighted by Gasteiger charge is -2.36. The third-order valence-corrected chi connectivity index (χ3v) is 5.13. The van der Waals surface area contributed by atoms with Crippen molar-refractivity contribution >= 4 is 16.9 Å². The fraction of sp³-hybridized carbons (Fsp3) is 0.714. The maximum Gasteiger partial charge on any atom is 0.156 e. The van der Waals surface area contributed by atoms with Crippen molar-refractivity contribution in [3.8, 4) is 0 Å². The van der Waals surface area contributed by atoms with Gasteiger partial charge in [0.2, 0.25) is 0 Å². The van der Waals surface area contributed by atoms with E-state index in [9.17, 15) is 0 Å². The van der Waals surface area contributed by atoms with Gasteiger partial charge in [0.05, 0.1) is 0 Å². The lowest BCUT2D eigenvalue weighted by Crippen LogP contribution is -2.46. The van der Waals surface area contributed by atoms with Crippen molar-refractivity contribution in [3.05, 3.63) is 18.5 Å². The average Bonchev–Trinajstić information content (AvgIpc) is 2.97. The van der Waals surface area contributed by atoms with Crippen LogP contribution < -0.4 is 5.32 Å². The van der Waals surface area contributed by atoms with Crippen LogP contribution in [0.2, 0.25) is 0 Å². The SMILES string of the molecule is c1cnn(CCCN=C2NC3CCCCC3CS2)c1. The van der Waals surface area contributed by atoms with Crippen LogP contribution in [0.1, 0.15) is 32.1 Å². The van der Waals surface area contributed by atoms with Crippen LogP contribution >= 0.6 is 11.8 Å². The highest BCUT2D eigenvalue weighted by Crippen LogP contribution is 2.31. The van der Waals surface area contributed by atoms with Gasteiger partial charge in [-0.1, -0.05) is 24.6 Å². The number of amidine groups is 1. The minimum absolute atomic E-state index is 0.694. The van der Waals surface area contributed by atoms with E-state index in [1.54, 1.807) is 0 Å². The van der Waals surface area contributed by atoms with E-state index in [1.807, 2.05) is 34.9 Å². The summed E-state index contributed by atoms with van der Waals surface area (Å²) < 4.78 is 1.97. The van der Waals surface area contributed by atoms with Crippen LogP contribution in [0.4, 0.5) is 0 Å². The molecule has 1 N–H and O–H groups in total. The molecule has 2 unspecified atom stereocenters. The second-order valence-corrected chi connectivity index (χ2v) is 6.42. The van der Waals surface area contributed by atoms with Crippen molar-refractivity contribution in [2.24, 2.45) is 10.9 Å². The van der Waals surface area contributed by atoms with Gasteiger partial charge in [-0.2, -0.15) is 5.10 Å². The Morgan fingerprint density at radius 1 is 1.42 bits per heavy atom. The number of hydrogen-bond donors (Lipinski definition) is 1. The number of aryl methyl sites for hydroxylation is 1. The highest BCUT2D eigenvalue weighted by atomic mass is 32.2. The molecule has 1 saturated carbocycles. The summed E-state index contributed by atoms with van der Waals surface area (Å²) in [6.45, 7) is 1.85. The van der Waals surface area contributed by atoms with E-state index in [0.29, 0.717) is 6.04 Å². The first-order valence-corrected chi connectivity index (χ1v) is 8.31. The van der Waals surface area contributed by atoms with Gasteiger partial charge in [-0.05, 0) is 31.2 Å². The van der Waals surface area contributed by atoms with Gasteiger partial charge in [0.25, 0.3) is 0 Å². The number of hydrogen-bond acceptors (Lipinski definition) is 3. The highest BCUT2D eigenvalue weighted by molar-refractivity contribution is 8.13. The van der Waals surface area contributed by atoms with Crippen LogP contribution in [0.5, 0.6) is 0 Å². The first kappa shape index (κ1) is 13.0. The van der Waals surface area contributed by atoms with Crippen molar-refractivity contribution in [1.29, 1.82) is 0 Å². The normalized spacial score (nSPS) is 28.9. The van der Waals surface area contributed by atoms with E-state index < -0.39 is 0 Å². The molecule has 2 heterocycles. The molecule has 0 radical (unpaired) electrons. The van der Waals surface area contributed by atoms with Crippen LogP contribution in [0.25, 0.3) is 0 Å². The van der Waals surface area contributed by atoms with Gasteiger partial charge in [0.1, 0.15) is 0 Å². The van der Waals surface area contributed by atoms with Crippen LogP contribution in [-0.4, -0.2) is 33.3 Å². The predicted molar refractivity (Wildman–Crippen MR) is 80.5 cm³/mol. The second kappa shape index (κ2) is 6.46. The molecular formula is C14H22N4S. The summed E-state index contributed by atoms with van der Waals surface area (Å²) in [7, 11) is 0. The third-order valence-electron chi connectivity index (χ3n) is 4.01. The van der Waals surface area contributed by atoms with E-state index in [0.717, 1.165) is 25.4 Å². The molecule has 1 aromatic rings. The zero-order valence-corrected chi connectivity index (χ0v) is 12.1. The Hall–Kier alpha value is -0.970. The largest absolute Gasteiger partial charge is 0.362 e. The quantitative estimate of drug-likeness (QED) is 0.861. The lowest BCUT2D eigenvalue weighted by atomic mass is 9.86. The summed E-state index contributed by atoms with van der Waals surface area (Å²) in [4.78, 5) is 4.70. The molecule has 0 amide bonds. The van der Waals surface area contributed by atoms with Gasteiger partial charge in [-0.3, -0.25) is 9.67 Å². The van der Waals surface area contributed by atoms with Gasteiger partial charge >= 0.3 is 0 Å². The molecule has 1 aliphatic carbocycles. The zero-order chi connectivity index (χ0) is 12.9. The van der Waals surface area contributed by atoms with Gasteiger partial charge < -0.3 is 5.32 Å². The maximum atomic E-state index is 4.70. The molecule has 2 atom stereocenters. The number of rotatable bonds is 4. The molecule has 2 fully saturated rings. The Labute approximate surface area is 119 Å². The molecule has 0 aromatic carbocycles. The standard InChI is InChI=1S/C14H22N4S/c1-2-6-13-12(5-1)11-19-14(17-13)15-7-3-9-18-10-4-8-16-18/h4,8,10,12-13H,1-3,5-7,9,11H2,(H,15,17).